The minimum atomic E-state index is 0.845. The molecule has 1 aromatic carbocycles. The summed E-state index contributed by atoms with van der Waals surface area (Å²) >= 11 is 1.69. The predicted octanol–water partition coefficient (Wildman–Crippen LogP) is 3.54. The van der Waals surface area contributed by atoms with Gasteiger partial charge in [-0.15, -0.1) is 11.3 Å². The lowest BCUT2D eigenvalue weighted by molar-refractivity contribution is 1.27. The number of nitrogens with one attached hydrogen (secondary N) is 1. The molecule has 3 heterocycles. The molecular formula is C14H10N4S. The SMILES string of the molecule is Cc1nc2cc3[nH]c(-c4cccnc4)nc3cc2s1. The van der Waals surface area contributed by atoms with Crippen LogP contribution < -0.4 is 0 Å². The van der Waals surface area contributed by atoms with E-state index in [1.807, 2.05) is 25.3 Å². The van der Waals surface area contributed by atoms with E-state index >= 15 is 0 Å². The van der Waals surface area contributed by atoms with Gasteiger partial charge in [-0.3, -0.25) is 4.98 Å². The van der Waals surface area contributed by atoms with E-state index in [-0.39, 0.29) is 0 Å². The number of hydrogen-bond donors (Lipinski definition) is 1. The summed E-state index contributed by atoms with van der Waals surface area (Å²) in [5, 5.41) is 1.08. The molecule has 3 aromatic heterocycles. The molecule has 0 unspecified atom stereocenters. The normalized spacial score (nSPS) is 11.4. The molecule has 4 aromatic rings. The van der Waals surface area contributed by atoms with E-state index in [0.29, 0.717) is 0 Å². The van der Waals surface area contributed by atoms with E-state index in [0.717, 1.165) is 32.9 Å². The molecule has 0 saturated heterocycles. The molecule has 19 heavy (non-hydrogen) atoms. The Morgan fingerprint density at radius 2 is 2.11 bits per heavy atom. The molecule has 4 rings (SSSR count). The maximum Gasteiger partial charge on any atom is 0.140 e. The van der Waals surface area contributed by atoms with Crippen LogP contribution in [0.1, 0.15) is 5.01 Å². The Labute approximate surface area is 113 Å². The van der Waals surface area contributed by atoms with Crippen molar-refractivity contribution in [1.29, 1.82) is 0 Å². The molecule has 0 aliphatic heterocycles. The maximum atomic E-state index is 4.63. The number of imidazole rings is 1. The van der Waals surface area contributed by atoms with Crippen LogP contribution in [-0.4, -0.2) is 19.9 Å². The molecule has 5 heteroatoms. The molecule has 0 atom stereocenters. The monoisotopic (exact) mass is 266 g/mol. The Hall–Kier alpha value is -2.27. The molecule has 0 fully saturated rings. The van der Waals surface area contributed by atoms with E-state index in [4.69, 9.17) is 0 Å². The van der Waals surface area contributed by atoms with Crippen molar-refractivity contribution in [2.24, 2.45) is 0 Å². The molecule has 0 radical (unpaired) electrons. The Balaban J connectivity index is 1.96. The largest absolute Gasteiger partial charge is 0.338 e. The third-order valence-corrected chi connectivity index (χ3v) is 3.97. The summed E-state index contributed by atoms with van der Waals surface area (Å²) in [5.74, 6) is 0.845. The highest BCUT2D eigenvalue weighted by Gasteiger charge is 2.08. The number of hydrogen-bond acceptors (Lipinski definition) is 4. The van der Waals surface area contributed by atoms with Gasteiger partial charge in [0.05, 0.1) is 26.3 Å². The number of fused-ring (bicyclic) bond motifs is 2. The Morgan fingerprint density at radius 3 is 2.95 bits per heavy atom. The summed E-state index contributed by atoms with van der Waals surface area (Å²) in [6, 6.07) is 8.05. The maximum absolute atomic E-state index is 4.63. The van der Waals surface area contributed by atoms with Crippen LogP contribution in [0, 0.1) is 6.92 Å². The first-order valence-electron chi connectivity index (χ1n) is 5.97. The molecule has 0 bridgehead atoms. The van der Waals surface area contributed by atoms with Crippen molar-refractivity contribution in [3.63, 3.8) is 0 Å². The number of aromatic nitrogens is 4. The fraction of sp³-hybridized carbons (Fsp3) is 0.0714. The topological polar surface area (TPSA) is 54.5 Å². The van der Waals surface area contributed by atoms with Gasteiger partial charge in [-0.1, -0.05) is 0 Å². The Bertz CT molecular complexity index is 825. The lowest BCUT2D eigenvalue weighted by Gasteiger charge is -1.92. The van der Waals surface area contributed by atoms with Crippen molar-refractivity contribution in [2.75, 3.05) is 0 Å². The van der Waals surface area contributed by atoms with Crippen LogP contribution in [0.2, 0.25) is 0 Å². The zero-order chi connectivity index (χ0) is 12.8. The number of H-pyrrole nitrogens is 1. The summed E-state index contributed by atoms with van der Waals surface area (Å²) in [6.45, 7) is 2.02. The zero-order valence-corrected chi connectivity index (χ0v) is 11.0. The number of rotatable bonds is 1. The van der Waals surface area contributed by atoms with Crippen LogP contribution in [0.4, 0.5) is 0 Å². The average Bonchev–Trinajstić information content (AvgIpc) is 2.98. The fourth-order valence-electron chi connectivity index (χ4n) is 2.19. The summed E-state index contributed by atoms with van der Waals surface area (Å²) in [4.78, 5) is 16.6. The number of pyridine rings is 1. The van der Waals surface area contributed by atoms with Crippen LogP contribution in [0.15, 0.2) is 36.7 Å². The quantitative estimate of drug-likeness (QED) is 0.573. The first-order valence-corrected chi connectivity index (χ1v) is 6.78. The molecule has 92 valence electrons. The summed E-state index contributed by atoms with van der Waals surface area (Å²) in [7, 11) is 0. The van der Waals surface area contributed by atoms with Crippen molar-refractivity contribution >= 4 is 32.6 Å². The third-order valence-electron chi connectivity index (χ3n) is 3.03. The van der Waals surface area contributed by atoms with E-state index < -0.39 is 0 Å². The molecular weight excluding hydrogens is 256 g/mol. The van der Waals surface area contributed by atoms with E-state index in [1.54, 1.807) is 17.5 Å². The van der Waals surface area contributed by atoms with Crippen molar-refractivity contribution < 1.29 is 0 Å². The van der Waals surface area contributed by atoms with Crippen LogP contribution >= 0.6 is 11.3 Å². The van der Waals surface area contributed by atoms with Crippen LogP contribution in [0.5, 0.6) is 0 Å². The second-order valence-corrected chi connectivity index (χ2v) is 5.63. The van der Waals surface area contributed by atoms with Crippen LogP contribution in [-0.2, 0) is 0 Å². The van der Waals surface area contributed by atoms with E-state index in [9.17, 15) is 0 Å². The highest BCUT2D eigenvalue weighted by molar-refractivity contribution is 7.18. The van der Waals surface area contributed by atoms with Crippen LogP contribution in [0.25, 0.3) is 32.6 Å². The van der Waals surface area contributed by atoms with Gasteiger partial charge in [-0.2, -0.15) is 0 Å². The Morgan fingerprint density at radius 1 is 1.16 bits per heavy atom. The fourth-order valence-corrected chi connectivity index (χ4v) is 3.03. The highest BCUT2D eigenvalue weighted by atomic mass is 32.1. The first kappa shape index (κ1) is 10.6. The number of thiazole rings is 1. The minimum Gasteiger partial charge on any atom is -0.338 e. The Kier molecular flexibility index (Phi) is 2.16. The minimum absolute atomic E-state index is 0.845. The van der Waals surface area contributed by atoms with Gasteiger partial charge in [-0.25, -0.2) is 9.97 Å². The van der Waals surface area contributed by atoms with Crippen molar-refractivity contribution in [3.05, 3.63) is 41.7 Å². The zero-order valence-electron chi connectivity index (χ0n) is 10.2. The molecule has 0 aliphatic rings. The standard InChI is InChI=1S/C14H10N4S/c1-8-16-12-5-10-11(6-13(12)19-8)18-14(17-10)9-3-2-4-15-7-9/h2-7H,1H3,(H,17,18). The number of aryl methyl sites for hydroxylation is 1. The molecule has 4 nitrogen and oxygen atoms in total. The van der Waals surface area contributed by atoms with Crippen molar-refractivity contribution in [3.8, 4) is 11.4 Å². The summed E-state index contributed by atoms with van der Waals surface area (Å²) in [5.41, 5.74) is 3.99. The van der Waals surface area contributed by atoms with Gasteiger partial charge in [0.15, 0.2) is 0 Å². The lowest BCUT2D eigenvalue weighted by Crippen LogP contribution is -1.80. The smallest absolute Gasteiger partial charge is 0.140 e. The number of benzene rings is 1. The van der Waals surface area contributed by atoms with Crippen molar-refractivity contribution in [2.45, 2.75) is 6.92 Å². The average molecular weight is 266 g/mol. The van der Waals surface area contributed by atoms with Gasteiger partial charge >= 0.3 is 0 Å². The van der Waals surface area contributed by atoms with Gasteiger partial charge in [0.2, 0.25) is 0 Å². The first-order chi connectivity index (χ1) is 9.29. The van der Waals surface area contributed by atoms with Gasteiger partial charge in [0.1, 0.15) is 5.82 Å². The van der Waals surface area contributed by atoms with Crippen LogP contribution in [0.3, 0.4) is 0 Å². The van der Waals surface area contributed by atoms with Crippen molar-refractivity contribution in [1.82, 2.24) is 19.9 Å². The molecule has 1 N–H and O–H groups in total. The molecule has 0 saturated carbocycles. The van der Waals surface area contributed by atoms with Gasteiger partial charge in [0.25, 0.3) is 0 Å². The van der Waals surface area contributed by atoms with Gasteiger partial charge in [0, 0.05) is 18.0 Å². The van der Waals surface area contributed by atoms with E-state index in [1.165, 1.54) is 4.70 Å². The summed E-state index contributed by atoms with van der Waals surface area (Å²) in [6.07, 6.45) is 3.57. The van der Waals surface area contributed by atoms with Gasteiger partial charge < -0.3 is 4.98 Å². The molecule has 0 aliphatic carbocycles. The second-order valence-electron chi connectivity index (χ2n) is 4.40. The highest BCUT2D eigenvalue weighted by Crippen LogP contribution is 2.27. The third kappa shape index (κ3) is 1.70. The van der Waals surface area contributed by atoms with Gasteiger partial charge in [-0.05, 0) is 31.2 Å². The molecule has 0 spiro atoms. The number of nitrogens with zero attached hydrogens (tertiary/aromatic N) is 3. The number of aromatic amines is 1. The predicted molar refractivity (Wildman–Crippen MR) is 77.2 cm³/mol. The van der Waals surface area contributed by atoms with E-state index in [2.05, 4.69) is 32.1 Å². The second kappa shape index (κ2) is 3.86. The lowest BCUT2D eigenvalue weighted by atomic mass is 10.3. The summed E-state index contributed by atoms with van der Waals surface area (Å²) < 4.78 is 1.18. The molecule has 0 amide bonds.